The maximum atomic E-state index is 14.4. The monoisotopic (exact) mass is 413 g/mol. The molecule has 0 radical (unpaired) electrons. The van der Waals surface area contributed by atoms with Crippen molar-refractivity contribution in [2.75, 3.05) is 36.4 Å². The predicted molar refractivity (Wildman–Crippen MR) is 111 cm³/mol. The van der Waals surface area contributed by atoms with Crippen LogP contribution in [0.5, 0.6) is 0 Å². The Bertz CT molecular complexity index is 1130. The molecule has 10 heteroatoms. The highest BCUT2D eigenvalue weighted by molar-refractivity contribution is 5.87. The molecule has 0 aliphatic carbocycles. The smallest absolute Gasteiger partial charge is 0.254 e. The third-order valence-corrected chi connectivity index (χ3v) is 5.29. The van der Waals surface area contributed by atoms with E-state index in [2.05, 4.69) is 25.3 Å². The van der Waals surface area contributed by atoms with Gasteiger partial charge in [0.1, 0.15) is 11.5 Å². The molecule has 4 heterocycles. The summed E-state index contributed by atoms with van der Waals surface area (Å²) in [5, 5.41) is 6.84. The standard InChI is InChI=1S/C20H24FN7O2/c1-3-14-12-28-19(25-20(14)30)15(10-22-28)11-26-6-8-27(9-7-26)16-4-5-17(23-13(2)29)24-18(16)21/h4-5,10,12H,3,6-9,11H2,1-2H3,(H,25,30)(H,23,24,29). The van der Waals surface area contributed by atoms with Crippen molar-refractivity contribution in [3.05, 3.63) is 52.0 Å². The van der Waals surface area contributed by atoms with Crippen LogP contribution in [0.3, 0.4) is 0 Å². The van der Waals surface area contributed by atoms with Crippen LogP contribution in [0, 0.1) is 5.95 Å². The van der Waals surface area contributed by atoms with Crippen LogP contribution in [-0.4, -0.2) is 56.6 Å². The molecule has 9 nitrogen and oxygen atoms in total. The van der Waals surface area contributed by atoms with E-state index in [4.69, 9.17) is 0 Å². The zero-order valence-electron chi connectivity index (χ0n) is 17.0. The lowest BCUT2D eigenvalue weighted by molar-refractivity contribution is -0.114. The number of rotatable bonds is 5. The predicted octanol–water partition coefficient (Wildman–Crippen LogP) is 1.40. The number of fused-ring (bicyclic) bond motifs is 1. The lowest BCUT2D eigenvalue weighted by atomic mass is 10.2. The Morgan fingerprint density at radius 3 is 2.67 bits per heavy atom. The molecule has 3 aromatic heterocycles. The Morgan fingerprint density at radius 1 is 1.23 bits per heavy atom. The van der Waals surface area contributed by atoms with Gasteiger partial charge in [-0.1, -0.05) is 6.92 Å². The van der Waals surface area contributed by atoms with E-state index < -0.39 is 5.95 Å². The van der Waals surface area contributed by atoms with E-state index in [1.165, 1.54) is 6.92 Å². The van der Waals surface area contributed by atoms with Gasteiger partial charge in [-0.3, -0.25) is 14.5 Å². The Hall–Kier alpha value is -3.27. The zero-order valence-corrected chi connectivity index (χ0v) is 17.0. The molecule has 0 bridgehead atoms. The number of amides is 1. The maximum absolute atomic E-state index is 14.4. The lowest BCUT2D eigenvalue weighted by Crippen LogP contribution is -2.46. The van der Waals surface area contributed by atoms with Crippen LogP contribution < -0.4 is 15.8 Å². The van der Waals surface area contributed by atoms with E-state index in [0.717, 1.165) is 18.7 Å². The van der Waals surface area contributed by atoms with E-state index in [9.17, 15) is 14.0 Å². The molecule has 1 amide bonds. The molecule has 0 aromatic carbocycles. The van der Waals surface area contributed by atoms with E-state index in [1.54, 1.807) is 29.0 Å². The average molecular weight is 413 g/mol. The van der Waals surface area contributed by atoms with Crippen molar-refractivity contribution in [3.63, 3.8) is 0 Å². The number of piperazine rings is 1. The molecule has 4 rings (SSSR count). The molecule has 0 spiro atoms. The molecule has 1 fully saturated rings. The third-order valence-electron chi connectivity index (χ3n) is 5.29. The summed E-state index contributed by atoms with van der Waals surface area (Å²) in [6.07, 6.45) is 4.21. The Labute approximate surface area is 172 Å². The van der Waals surface area contributed by atoms with Crippen molar-refractivity contribution in [1.29, 1.82) is 0 Å². The van der Waals surface area contributed by atoms with E-state index in [0.29, 0.717) is 43.0 Å². The molecule has 1 aliphatic rings. The normalized spacial score (nSPS) is 15.0. The van der Waals surface area contributed by atoms with Crippen molar-refractivity contribution < 1.29 is 9.18 Å². The summed E-state index contributed by atoms with van der Waals surface area (Å²) in [5.74, 6) is -0.680. The number of aromatic nitrogens is 4. The fraction of sp³-hybridized carbons (Fsp3) is 0.400. The van der Waals surface area contributed by atoms with Gasteiger partial charge < -0.3 is 15.2 Å². The van der Waals surface area contributed by atoms with Crippen molar-refractivity contribution in [1.82, 2.24) is 24.5 Å². The summed E-state index contributed by atoms with van der Waals surface area (Å²) in [7, 11) is 0. The van der Waals surface area contributed by atoms with E-state index in [-0.39, 0.29) is 17.3 Å². The van der Waals surface area contributed by atoms with Gasteiger partial charge in [0.05, 0.1) is 11.9 Å². The lowest BCUT2D eigenvalue weighted by Gasteiger charge is -2.35. The molecular weight excluding hydrogens is 389 g/mol. The topological polar surface area (TPSA) is 98.6 Å². The van der Waals surface area contributed by atoms with Crippen LogP contribution in [0.1, 0.15) is 25.0 Å². The largest absolute Gasteiger partial charge is 0.365 e. The number of aryl methyl sites for hydroxylation is 1. The van der Waals surface area contributed by atoms with Gasteiger partial charge in [-0.05, 0) is 18.6 Å². The Morgan fingerprint density at radius 2 is 2.00 bits per heavy atom. The first-order chi connectivity index (χ1) is 14.4. The molecule has 3 aromatic rings. The number of anilines is 2. The molecule has 30 heavy (non-hydrogen) atoms. The van der Waals surface area contributed by atoms with Crippen LogP contribution in [0.4, 0.5) is 15.9 Å². The second kappa shape index (κ2) is 8.23. The maximum Gasteiger partial charge on any atom is 0.254 e. The SMILES string of the molecule is CCc1cn2ncc(CN3CCN(c4ccc(NC(C)=O)nc4F)CC3)c2[nH]c1=O. The third kappa shape index (κ3) is 4.04. The van der Waals surface area contributed by atoms with E-state index >= 15 is 0 Å². The van der Waals surface area contributed by atoms with Gasteiger partial charge in [0.2, 0.25) is 11.9 Å². The summed E-state index contributed by atoms with van der Waals surface area (Å²) >= 11 is 0. The highest BCUT2D eigenvalue weighted by Gasteiger charge is 2.21. The summed E-state index contributed by atoms with van der Waals surface area (Å²) in [6.45, 7) is 6.71. The highest BCUT2D eigenvalue weighted by Crippen LogP contribution is 2.22. The highest BCUT2D eigenvalue weighted by atomic mass is 19.1. The van der Waals surface area contributed by atoms with Crippen LogP contribution in [0.2, 0.25) is 0 Å². The number of nitrogens with zero attached hydrogens (tertiary/aromatic N) is 5. The van der Waals surface area contributed by atoms with Crippen LogP contribution >= 0.6 is 0 Å². The van der Waals surface area contributed by atoms with Gasteiger partial charge >= 0.3 is 0 Å². The number of H-pyrrole nitrogens is 1. The molecular formula is C20H24FN7O2. The van der Waals surface area contributed by atoms with Gasteiger partial charge in [-0.25, -0.2) is 9.50 Å². The minimum absolute atomic E-state index is 0.0812. The number of hydrogen-bond acceptors (Lipinski definition) is 6. The van der Waals surface area contributed by atoms with Crippen molar-refractivity contribution >= 4 is 23.1 Å². The van der Waals surface area contributed by atoms with Crippen LogP contribution in [-0.2, 0) is 17.8 Å². The first kappa shape index (κ1) is 20.0. The van der Waals surface area contributed by atoms with Crippen molar-refractivity contribution in [2.24, 2.45) is 0 Å². The first-order valence-electron chi connectivity index (χ1n) is 9.94. The number of nitrogens with one attached hydrogen (secondary N) is 2. The molecule has 2 N–H and O–H groups in total. The quantitative estimate of drug-likeness (QED) is 0.614. The number of carbonyl (C=O) groups excluding carboxylic acids is 1. The molecule has 0 unspecified atom stereocenters. The summed E-state index contributed by atoms with van der Waals surface area (Å²) < 4.78 is 16.1. The van der Waals surface area contributed by atoms with Crippen molar-refractivity contribution in [2.45, 2.75) is 26.8 Å². The number of halogens is 1. The van der Waals surface area contributed by atoms with Crippen LogP contribution in [0.15, 0.2) is 29.3 Å². The average Bonchev–Trinajstić information content (AvgIpc) is 3.09. The van der Waals surface area contributed by atoms with Gasteiger partial charge in [-0.15, -0.1) is 0 Å². The molecule has 1 saturated heterocycles. The summed E-state index contributed by atoms with van der Waals surface area (Å²) in [6, 6.07) is 3.25. The van der Waals surface area contributed by atoms with Gasteiger partial charge in [0.25, 0.3) is 5.56 Å². The van der Waals surface area contributed by atoms with E-state index in [1.807, 2.05) is 11.8 Å². The fourth-order valence-corrected chi connectivity index (χ4v) is 3.70. The zero-order chi connectivity index (χ0) is 21.3. The Kier molecular flexibility index (Phi) is 5.49. The minimum Gasteiger partial charge on any atom is -0.365 e. The second-order valence-electron chi connectivity index (χ2n) is 7.38. The summed E-state index contributed by atoms with van der Waals surface area (Å²) in [4.78, 5) is 34.2. The van der Waals surface area contributed by atoms with Gasteiger partial charge in [0.15, 0.2) is 0 Å². The molecule has 0 saturated carbocycles. The van der Waals surface area contributed by atoms with Gasteiger partial charge in [0, 0.05) is 57.0 Å². The summed E-state index contributed by atoms with van der Waals surface area (Å²) in [5.41, 5.74) is 2.71. The molecule has 0 atom stereocenters. The first-order valence-corrected chi connectivity index (χ1v) is 9.94. The number of aromatic amines is 1. The number of pyridine rings is 1. The molecule has 158 valence electrons. The van der Waals surface area contributed by atoms with Gasteiger partial charge in [-0.2, -0.15) is 9.49 Å². The fourth-order valence-electron chi connectivity index (χ4n) is 3.70. The van der Waals surface area contributed by atoms with Crippen molar-refractivity contribution in [3.8, 4) is 0 Å². The Balaban J connectivity index is 1.42. The molecule has 1 aliphatic heterocycles. The second-order valence-corrected chi connectivity index (χ2v) is 7.38. The van der Waals surface area contributed by atoms with Crippen LogP contribution in [0.25, 0.3) is 5.65 Å². The number of hydrogen-bond donors (Lipinski definition) is 2. The minimum atomic E-state index is -0.596. The number of carbonyl (C=O) groups is 1.